The molecule has 5 rings (SSSR count). The third-order valence-corrected chi connectivity index (χ3v) is 5.58. The largest absolute Gasteiger partial charge is 0.322 e. The Morgan fingerprint density at radius 3 is 2.57 bits per heavy atom. The molecule has 1 aliphatic carbocycles. The number of rotatable bonds is 4. The Morgan fingerprint density at radius 1 is 0.933 bits per heavy atom. The number of benzene rings is 3. The minimum atomic E-state index is -0.291. The van der Waals surface area contributed by atoms with E-state index in [1.165, 1.54) is 11.8 Å². The first-order valence-corrected chi connectivity index (χ1v) is 10.4. The molecule has 0 saturated heterocycles. The van der Waals surface area contributed by atoms with Crippen molar-refractivity contribution < 1.29 is 9.59 Å². The summed E-state index contributed by atoms with van der Waals surface area (Å²) in [6, 6.07) is 20.0. The number of nitrogens with zero attached hydrogens (tertiary/aromatic N) is 4. The monoisotopic (exact) mass is 413 g/mol. The maximum atomic E-state index is 12.8. The van der Waals surface area contributed by atoms with Gasteiger partial charge >= 0.3 is 0 Å². The van der Waals surface area contributed by atoms with E-state index >= 15 is 0 Å². The number of amides is 1. The Hall–Kier alpha value is -3.78. The second-order valence-electron chi connectivity index (χ2n) is 6.72. The van der Waals surface area contributed by atoms with E-state index in [-0.39, 0.29) is 11.7 Å². The summed E-state index contributed by atoms with van der Waals surface area (Å²) in [6.07, 6.45) is 1.89. The van der Waals surface area contributed by atoms with Crippen molar-refractivity contribution >= 4 is 29.1 Å². The van der Waals surface area contributed by atoms with Crippen LogP contribution in [0, 0.1) is 0 Å². The van der Waals surface area contributed by atoms with Gasteiger partial charge in [-0.1, -0.05) is 48.2 Å². The molecule has 0 unspecified atom stereocenters. The van der Waals surface area contributed by atoms with E-state index in [9.17, 15) is 9.59 Å². The van der Waals surface area contributed by atoms with Gasteiger partial charge in [-0.05, 0) is 58.1 Å². The zero-order chi connectivity index (χ0) is 20.7. The van der Waals surface area contributed by atoms with Gasteiger partial charge in [0.15, 0.2) is 5.78 Å². The molecule has 0 fully saturated rings. The molecule has 4 aromatic rings. The average Bonchev–Trinajstić information content (AvgIpc) is 3.37. The van der Waals surface area contributed by atoms with Crippen molar-refractivity contribution in [3.05, 3.63) is 83.4 Å². The molecule has 1 aliphatic rings. The Morgan fingerprint density at radius 2 is 1.73 bits per heavy atom. The topological polar surface area (TPSA) is 89.8 Å². The van der Waals surface area contributed by atoms with E-state index in [1.807, 2.05) is 48.7 Å². The Balaban J connectivity index is 1.42. The van der Waals surface area contributed by atoms with Crippen LogP contribution < -0.4 is 5.32 Å². The second kappa shape index (κ2) is 7.23. The van der Waals surface area contributed by atoms with Crippen LogP contribution >= 0.6 is 11.8 Å². The molecule has 0 atom stereocenters. The van der Waals surface area contributed by atoms with E-state index in [4.69, 9.17) is 0 Å². The lowest BCUT2D eigenvalue weighted by Crippen LogP contribution is -2.13. The number of ketones is 1. The van der Waals surface area contributed by atoms with Crippen LogP contribution in [0.15, 0.2) is 71.9 Å². The minimum Gasteiger partial charge on any atom is -0.322 e. The van der Waals surface area contributed by atoms with E-state index in [0.29, 0.717) is 27.5 Å². The number of thioether (sulfide) groups is 1. The molecule has 146 valence electrons. The maximum absolute atomic E-state index is 12.8. The van der Waals surface area contributed by atoms with Crippen LogP contribution in [0.4, 0.5) is 5.69 Å². The van der Waals surface area contributed by atoms with Crippen LogP contribution in [0.5, 0.6) is 0 Å². The lowest BCUT2D eigenvalue weighted by Gasteiger charge is -2.09. The highest BCUT2D eigenvalue weighted by Gasteiger charge is 2.27. The third-order valence-electron chi connectivity index (χ3n) is 4.96. The number of hydrogen-bond acceptors (Lipinski definition) is 6. The smallest absolute Gasteiger partial charge is 0.255 e. The van der Waals surface area contributed by atoms with Crippen LogP contribution in [-0.2, 0) is 0 Å². The highest BCUT2D eigenvalue weighted by molar-refractivity contribution is 7.98. The molecule has 0 saturated carbocycles. The molecule has 30 heavy (non-hydrogen) atoms. The van der Waals surface area contributed by atoms with Gasteiger partial charge in [-0.2, -0.15) is 4.68 Å². The molecule has 1 amide bonds. The van der Waals surface area contributed by atoms with Crippen molar-refractivity contribution in [3.8, 4) is 16.8 Å². The highest BCUT2D eigenvalue weighted by atomic mass is 32.2. The molecular weight excluding hydrogens is 398 g/mol. The predicted octanol–water partition coefficient (Wildman–Crippen LogP) is 3.85. The molecular formula is C22H15N5O2S. The van der Waals surface area contributed by atoms with Crippen LogP contribution in [0.25, 0.3) is 16.8 Å². The standard InChI is InChI=1S/C22H15N5O2S/c1-30-22-24-25-26-27(22)15-6-4-5-14(12-15)23-21(29)13-9-10-17-16-7-2-3-8-18(16)20(28)19(17)11-13/h2-12H,1H3,(H,23,29). The molecule has 0 radical (unpaired) electrons. The van der Waals surface area contributed by atoms with E-state index in [1.54, 1.807) is 28.9 Å². The molecule has 0 aliphatic heterocycles. The summed E-state index contributed by atoms with van der Waals surface area (Å²) in [5.74, 6) is -0.346. The Kier molecular flexibility index (Phi) is 4.40. The molecule has 3 aromatic carbocycles. The SMILES string of the molecule is CSc1nnnn1-c1cccc(NC(=O)c2ccc3c(c2)C(=O)c2ccccc2-3)c1. The number of hydrogen-bond donors (Lipinski definition) is 1. The summed E-state index contributed by atoms with van der Waals surface area (Å²) in [7, 11) is 0. The van der Waals surface area contributed by atoms with Crippen LogP contribution in [-0.4, -0.2) is 38.2 Å². The normalized spacial score (nSPS) is 11.8. The molecule has 1 aromatic heterocycles. The van der Waals surface area contributed by atoms with Crippen molar-refractivity contribution in [1.29, 1.82) is 0 Å². The molecule has 7 nitrogen and oxygen atoms in total. The fourth-order valence-electron chi connectivity index (χ4n) is 3.56. The second-order valence-corrected chi connectivity index (χ2v) is 7.49. The van der Waals surface area contributed by atoms with E-state index < -0.39 is 0 Å². The molecule has 1 heterocycles. The van der Waals surface area contributed by atoms with Gasteiger partial charge in [0.05, 0.1) is 5.69 Å². The number of nitrogens with one attached hydrogen (secondary N) is 1. The van der Waals surface area contributed by atoms with Crippen molar-refractivity contribution in [3.63, 3.8) is 0 Å². The first kappa shape index (κ1) is 18.3. The van der Waals surface area contributed by atoms with Crippen molar-refractivity contribution in [2.75, 3.05) is 11.6 Å². The zero-order valence-electron chi connectivity index (χ0n) is 15.9. The number of carbonyl (C=O) groups is 2. The summed E-state index contributed by atoms with van der Waals surface area (Å²) in [4.78, 5) is 25.5. The summed E-state index contributed by atoms with van der Waals surface area (Å²) >= 11 is 1.43. The van der Waals surface area contributed by atoms with Gasteiger partial charge in [0.25, 0.3) is 5.91 Å². The number of anilines is 1. The number of aromatic nitrogens is 4. The van der Waals surface area contributed by atoms with E-state index in [2.05, 4.69) is 20.8 Å². The van der Waals surface area contributed by atoms with Gasteiger partial charge in [0.1, 0.15) is 0 Å². The number of fused-ring (bicyclic) bond motifs is 3. The minimum absolute atomic E-state index is 0.0551. The molecule has 0 bridgehead atoms. The maximum Gasteiger partial charge on any atom is 0.255 e. The van der Waals surface area contributed by atoms with Gasteiger partial charge in [-0.3, -0.25) is 9.59 Å². The highest BCUT2D eigenvalue weighted by Crippen LogP contribution is 2.36. The van der Waals surface area contributed by atoms with Crippen molar-refractivity contribution in [1.82, 2.24) is 20.2 Å². The van der Waals surface area contributed by atoms with Crippen LogP contribution in [0.2, 0.25) is 0 Å². The number of tetrazole rings is 1. The van der Waals surface area contributed by atoms with Gasteiger partial charge in [0.2, 0.25) is 5.16 Å². The summed E-state index contributed by atoms with van der Waals surface area (Å²) in [6.45, 7) is 0. The first-order valence-electron chi connectivity index (χ1n) is 9.18. The fourth-order valence-corrected chi connectivity index (χ4v) is 3.99. The zero-order valence-corrected chi connectivity index (χ0v) is 16.7. The molecule has 1 N–H and O–H groups in total. The lowest BCUT2D eigenvalue weighted by molar-refractivity contribution is 0.102. The number of carbonyl (C=O) groups excluding carboxylic acids is 2. The molecule has 0 spiro atoms. The van der Waals surface area contributed by atoms with E-state index in [0.717, 1.165) is 16.8 Å². The first-order chi connectivity index (χ1) is 14.7. The van der Waals surface area contributed by atoms with Gasteiger partial charge < -0.3 is 5.32 Å². The van der Waals surface area contributed by atoms with Crippen LogP contribution in [0.3, 0.4) is 0 Å². The van der Waals surface area contributed by atoms with Crippen molar-refractivity contribution in [2.24, 2.45) is 0 Å². The quantitative estimate of drug-likeness (QED) is 0.450. The summed E-state index contributed by atoms with van der Waals surface area (Å²) < 4.78 is 1.60. The Labute approximate surface area is 176 Å². The summed E-state index contributed by atoms with van der Waals surface area (Å²) in [5, 5.41) is 15.2. The van der Waals surface area contributed by atoms with Gasteiger partial charge in [-0.15, -0.1) is 5.10 Å². The van der Waals surface area contributed by atoms with Crippen LogP contribution in [0.1, 0.15) is 26.3 Å². The van der Waals surface area contributed by atoms with Gasteiger partial charge in [-0.25, -0.2) is 0 Å². The average molecular weight is 413 g/mol. The van der Waals surface area contributed by atoms with Crippen molar-refractivity contribution in [2.45, 2.75) is 5.16 Å². The van der Waals surface area contributed by atoms with Gasteiger partial charge in [0, 0.05) is 22.4 Å². The fraction of sp³-hybridized carbons (Fsp3) is 0.0455. The lowest BCUT2D eigenvalue weighted by atomic mass is 10.0. The summed E-state index contributed by atoms with van der Waals surface area (Å²) in [5.41, 5.74) is 4.75. The predicted molar refractivity (Wildman–Crippen MR) is 114 cm³/mol. The third kappa shape index (κ3) is 2.98. The Bertz CT molecular complexity index is 1310. The molecule has 8 heteroatoms.